The lowest BCUT2D eigenvalue weighted by atomic mass is 10.2. The van der Waals surface area contributed by atoms with Gasteiger partial charge in [0.2, 0.25) is 5.95 Å². The molecule has 0 unspecified atom stereocenters. The van der Waals surface area contributed by atoms with Crippen LogP contribution in [0.5, 0.6) is 0 Å². The van der Waals surface area contributed by atoms with E-state index in [2.05, 4.69) is 15.1 Å². The number of aromatic nitrogens is 4. The van der Waals surface area contributed by atoms with Gasteiger partial charge in [-0.1, -0.05) is 6.07 Å². The highest BCUT2D eigenvalue weighted by molar-refractivity contribution is 7.13. The van der Waals surface area contributed by atoms with Crippen molar-refractivity contribution in [1.29, 1.82) is 0 Å². The average molecular weight is 272 g/mol. The fourth-order valence-electron chi connectivity index (χ4n) is 1.64. The molecule has 6 nitrogen and oxygen atoms in total. The molecule has 0 spiro atoms. The highest BCUT2D eigenvalue weighted by Crippen LogP contribution is 2.27. The van der Waals surface area contributed by atoms with E-state index in [1.807, 2.05) is 17.5 Å². The summed E-state index contributed by atoms with van der Waals surface area (Å²) in [7, 11) is 0. The third-order valence-corrected chi connectivity index (χ3v) is 3.33. The van der Waals surface area contributed by atoms with Crippen molar-refractivity contribution in [3.63, 3.8) is 0 Å². The second-order valence-corrected chi connectivity index (χ2v) is 4.61. The lowest BCUT2D eigenvalue weighted by molar-refractivity contribution is 0.0697. The number of carboxylic acids is 1. The fourth-order valence-corrected chi connectivity index (χ4v) is 2.36. The van der Waals surface area contributed by atoms with Crippen molar-refractivity contribution in [2.45, 2.75) is 0 Å². The van der Waals surface area contributed by atoms with Crippen molar-refractivity contribution < 1.29 is 9.90 Å². The van der Waals surface area contributed by atoms with Gasteiger partial charge < -0.3 is 5.11 Å². The summed E-state index contributed by atoms with van der Waals surface area (Å²) in [6, 6.07) is 5.37. The largest absolute Gasteiger partial charge is 0.478 e. The smallest absolute Gasteiger partial charge is 0.339 e. The van der Waals surface area contributed by atoms with Crippen LogP contribution in [0.1, 0.15) is 10.4 Å². The Morgan fingerprint density at radius 2 is 2.05 bits per heavy atom. The number of hydrogen-bond acceptors (Lipinski definition) is 5. The Kier molecular flexibility index (Phi) is 2.81. The maximum atomic E-state index is 11.3. The molecule has 0 bridgehead atoms. The Morgan fingerprint density at radius 1 is 1.26 bits per heavy atom. The van der Waals surface area contributed by atoms with Crippen molar-refractivity contribution in [2.75, 3.05) is 0 Å². The SMILES string of the molecule is O=C(O)c1cn(-c2ncccn2)nc1-c1cccs1. The van der Waals surface area contributed by atoms with Crippen molar-refractivity contribution >= 4 is 17.3 Å². The van der Waals surface area contributed by atoms with E-state index in [1.54, 1.807) is 18.5 Å². The summed E-state index contributed by atoms with van der Waals surface area (Å²) in [5.74, 6) is -0.682. The fraction of sp³-hybridized carbons (Fsp3) is 0. The Labute approximate surface area is 112 Å². The molecule has 0 aromatic carbocycles. The molecule has 0 amide bonds. The van der Waals surface area contributed by atoms with Gasteiger partial charge in [0, 0.05) is 18.6 Å². The summed E-state index contributed by atoms with van der Waals surface area (Å²) in [6.07, 6.45) is 4.58. The zero-order chi connectivity index (χ0) is 13.2. The van der Waals surface area contributed by atoms with Crippen molar-refractivity contribution in [3.05, 3.63) is 47.7 Å². The maximum absolute atomic E-state index is 11.3. The topological polar surface area (TPSA) is 80.9 Å². The molecule has 0 saturated heterocycles. The first-order valence-corrected chi connectivity index (χ1v) is 6.28. The molecular formula is C12H8N4O2S. The lowest BCUT2D eigenvalue weighted by Crippen LogP contribution is -2.00. The standard InChI is InChI=1S/C12H8N4O2S/c17-11(18)8-7-16(12-13-4-2-5-14-12)15-10(8)9-3-1-6-19-9/h1-7H,(H,17,18). The van der Waals surface area contributed by atoms with Crippen LogP contribution in [0.4, 0.5) is 0 Å². The summed E-state index contributed by atoms with van der Waals surface area (Å²) >= 11 is 1.44. The predicted octanol–water partition coefficient (Wildman–Crippen LogP) is 2.09. The Balaban J connectivity index is 2.15. The van der Waals surface area contributed by atoms with E-state index in [-0.39, 0.29) is 5.56 Å². The number of aromatic carboxylic acids is 1. The third kappa shape index (κ3) is 2.11. The van der Waals surface area contributed by atoms with Gasteiger partial charge in [-0.3, -0.25) is 0 Å². The molecule has 0 aliphatic rings. The molecular weight excluding hydrogens is 264 g/mol. The molecule has 3 aromatic rings. The van der Waals surface area contributed by atoms with Gasteiger partial charge in [-0.15, -0.1) is 11.3 Å². The monoisotopic (exact) mass is 272 g/mol. The van der Waals surface area contributed by atoms with Crippen LogP contribution in [0.3, 0.4) is 0 Å². The summed E-state index contributed by atoms with van der Waals surface area (Å²) in [4.78, 5) is 20.2. The Hall–Kier alpha value is -2.54. The highest BCUT2D eigenvalue weighted by Gasteiger charge is 2.19. The zero-order valence-electron chi connectivity index (χ0n) is 9.59. The van der Waals surface area contributed by atoms with Crippen molar-refractivity contribution in [1.82, 2.24) is 19.7 Å². The zero-order valence-corrected chi connectivity index (χ0v) is 10.4. The summed E-state index contributed by atoms with van der Waals surface area (Å²) in [5, 5.41) is 15.4. The lowest BCUT2D eigenvalue weighted by Gasteiger charge is -1.96. The van der Waals surface area contributed by atoms with E-state index in [1.165, 1.54) is 22.2 Å². The summed E-state index contributed by atoms with van der Waals surface area (Å²) in [5.41, 5.74) is 0.560. The second-order valence-electron chi connectivity index (χ2n) is 3.67. The number of nitrogens with zero attached hydrogens (tertiary/aromatic N) is 4. The van der Waals surface area contributed by atoms with Crippen molar-refractivity contribution in [2.24, 2.45) is 0 Å². The van der Waals surface area contributed by atoms with E-state index in [0.717, 1.165) is 4.88 Å². The Morgan fingerprint density at radius 3 is 2.68 bits per heavy atom. The second kappa shape index (κ2) is 4.62. The van der Waals surface area contributed by atoms with Gasteiger partial charge in [0.15, 0.2) is 0 Å². The molecule has 0 aliphatic carbocycles. The number of thiophene rings is 1. The minimum Gasteiger partial charge on any atom is -0.478 e. The number of hydrogen-bond donors (Lipinski definition) is 1. The van der Waals surface area contributed by atoms with Crippen LogP contribution in [0.2, 0.25) is 0 Å². The molecule has 0 atom stereocenters. The van der Waals surface area contributed by atoms with Crippen LogP contribution in [0.25, 0.3) is 16.5 Å². The van der Waals surface area contributed by atoms with Gasteiger partial charge in [0.25, 0.3) is 0 Å². The molecule has 0 aliphatic heterocycles. The van der Waals surface area contributed by atoms with Gasteiger partial charge >= 0.3 is 5.97 Å². The van der Waals surface area contributed by atoms with Gasteiger partial charge in [0.1, 0.15) is 11.3 Å². The first-order chi connectivity index (χ1) is 9.25. The first kappa shape index (κ1) is 11.5. The number of carbonyl (C=O) groups is 1. The Bertz CT molecular complexity index is 707. The molecule has 94 valence electrons. The molecule has 1 N–H and O–H groups in total. The highest BCUT2D eigenvalue weighted by atomic mass is 32.1. The predicted molar refractivity (Wildman–Crippen MR) is 69.4 cm³/mol. The molecule has 0 fully saturated rings. The molecule has 3 rings (SSSR count). The van der Waals surface area contributed by atoms with Gasteiger partial charge in [0.05, 0.1) is 4.88 Å². The minimum absolute atomic E-state index is 0.134. The van der Waals surface area contributed by atoms with Crippen LogP contribution in [-0.4, -0.2) is 30.8 Å². The third-order valence-electron chi connectivity index (χ3n) is 2.46. The molecule has 3 aromatic heterocycles. The van der Waals surface area contributed by atoms with Crippen LogP contribution >= 0.6 is 11.3 Å². The molecule has 19 heavy (non-hydrogen) atoms. The number of rotatable bonds is 3. The van der Waals surface area contributed by atoms with Crippen LogP contribution in [0, 0.1) is 0 Å². The quantitative estimate of drug-likeness (QED) is 0.789. The molecule has 7 heteroatoms. The van der Waals surface area contributed by atoms with E-state index in [9.17, 15) is 9.90 Å². The first-order valence-electron chi connectivity index (χ1n) is 5.40. The van der Waals surface area contributed by atoms with Crippen LogP contribution in [-0.2, 0) is 0 Å². The molecule has 3 heterocycles. The molecule has 0 saturated carbocycles. The van der Waals surface area contributed by atoms with Gasteiger partial charge in [-0.25, -0.2) is 19.4 Å². The van der Waals surface area contributed by atoms with E-state index in [4.69, 9.17) is 0 Å². The van der Waals surface area contributed by atoms with Gasteiger partial charge in [-0.05, 0) is 17.5 Å². The maximum Gasteiger partial charge on any atom is 0.339 e. The summed E-state index contributed by atoms with van der Waals surface area (Å²) in [6.45, 7) is 0. The normalized spacial score (nSPS) is 10.5. The van der Waals surface area contributed by atoms with Crippen LogP contribution in [0.15, 0.2) is 42.2 Å². The van der Waals surface area contributed by atoms with E-state index in [0.29, 0.717) is 11.6 Å². The van der Waals surface area contributed by atoms with Crippen LogP contribution < -0.4 is 0 Å². The van der Waals surface area contributed by atoms with Crippen molar-refractivity contribution in [3.8, 4) is 16.5 Å². The van der Waals surface area contributed by atoms with E-state index < -0.39 is 5.97 Å². The summed E-state index contributed by atoms with van der Waals surface area (Å²) < 4.78 is 1.37. The minimum atomic E-state index is -1.02. The number of carboxylic acid groups (broad SMARTS) is 1. The average Bonchev–Trinajstić information content (AvgIpc) is 3.08. The van der Waals surface area contributed by atoms with Gasteiger partial charge in [-0.2, -0.15) is 5.10 Å². The van der Waals surface area contributed by atoms with E-state index >= 15 is 0 Å². The molecule has 0 radical (unpaired) electrons.